The Bertz CT molecular complexity index is 567. The Kier molecular flexibility index (Phi) is 3.21. The number of ether oxygens (including phenoxy) is 1. The lowest BCUT2D eigenvalue weighted by molar-refractivity contribution is -0.139. The van der Waals surface area contributed by atoms with Crippen LogP contribution >= 0.6 is 15.9 Å². The predicted octanol–water partition coefficient (Wildman–Crippen LogP) is 1.46. The summed E-state index contributed by atoms with van der Waals surface area (Å²) in [5.41, 5.74) is 1.61. The monoisotopic (exact) mass is 311 g/mol. The highest BCUT2D eigenvalue weighted by atomic mass is 79.9. The van der Waals surface area contributed by atoms with Gasteiger partial charge in [-0.25, -0.2) is 0 Å². The molecule has 0 aliphatic carbocycles. The second-order valence-corrected chi connectivity index (χ2v) is 4.79. The Labute approximate surface area is 112 Å². The number of benzene rings is 1. The minimum Gasteiger partial charge on any atom is -0.468 e. The second-order valence-electron chi connectivity index (χ2n) is 3.94. The molecule has 0 saturated carbocycles. The molecule has 1 amide bonds. The predicted molar refractivity (Wildman–Crippen MR) is 67.6 cm³/mol. The van der Waals surface area contributed by atoms with Crippen molar-refractivity contribution in [3.8, 4) is 0 Å². The van der Waals surface area contributed by atoms with Crippen molar-refractivity contribution in [3.63, 3.8) is 0 Å². The van der Waals surface area contributed by atoms with Crippen LogP contribution in [0.25, 0.3) is 0 Å². The van der Waals surface area contributed by atoms with Crippen LogP contribution in [-0.4, -0.2) is 31.3 Å². The van der Waals surface area contributed by atoms with Crippen LogP contribution in [-0.2, 0) is 14.3 Å². The fourth-order valence-corrected chi connectivity index (χ4v) is 2.65. The molecule has 2 rings (SSSR count). The maximum absolute atomic E-state index is 11.8. The number of carbonyl (C=O) groups is 3. The minimum atomic E-state index is -0.707. The molecule has 0 aromatic heterocycles. The van der Waals surface area contributed by atoms with E-state index >= 15 is 0 Å². The van der Waals surface area contributed by atoms with Gasteiger partial charge in [-0.3, -0.25) is 19.3 Å². The first-order valence-electron chi connectivity index (χ1n) is 5.19. The number of fused-ring (bicyclic) bond motifs is 1. The largest absolute Gasteiger partial charge is 0.468 e. The maximum atomic E-state index is 11.8. The van der Waals surface area contributed by atoms with Crippen molar-refractivity contribution >= 4 is 39.3 Å². The number of methoxy groups -OCH3 is 1. The zero-order valence-electron chi connectivity index (χ0n) is 9.82. The van der Waals surface area contributed by atoms with Crippen molar-refractivity contribution in [2.75, 3.05) is 18.6 Å². The fourth-order valence-electron chi connectivity index (χ4n) is 1.87. The average molecular weight is 312 g/mol. The second kappa shape index (κ2) is 4.53. The number of anilines is 1. The number of Topliss-reactive ketones (excluding diaryl/α,β-unsaturated/α-hetero) is 1. The molecule has 0 bridgehead atoms. The number of amides is 1. The Morgan fingerprint density at radius 2 is 2.06 bits per heavy atom. The van der Waals surface area contributed by atoms with Crippen molar-refractivity contribution in [2.45, 2.75) is 6.92 Å². The summed E-state index contributed by atoms with van der Waals surface area (Å²) in [6, 6.07) is 3.42. The standard InChI is InChI=1S/C12H10BrNO4/c1-6-3-7-10(8(13)4-6)14(5-9(15)18-2)12(17)11(7)16/h3-4H,5H2,1-2H3. The van der Waals surface area contributed by atoms with Gasteiger partial charge in [-0.15, -0.1) is 0 Å². The van der Waals surface area contributed by atoms with Crippen LogP contribution in [0.5, 0.6) is 0 Å². The zero-order chi connectivity index (χ0) is 13.4. The summed E-state index contributed by atoms with van der Waals surface area (Å²) in [6.07, 6.45) is 0. The summed E-state index contributed by atoms with van der Waals surface area (Å²) in [7, 11) is 1.23. The van der Waals surface area contributed by atoms with Gasteiger partial charge in [-0.1, -0.05) is 0 Å². The van der Waals surface area contributed by atoms with Crippen molar-refractivity contribution < 1.29 is 19.1 Å². The smallest absolute Gasteiger partial charge is 0.325 e. The lowest BCUT2D eigenvalue weighted by atomic mass is 10.1. The Morgan fingerprint density at radius 1 is 1.39 bits per heavy atom. The van der Waals surface area contributed by atoms with E-state index in [1.165, 1.54) is 7.11 Å². The van der Waals surface area contributed by atoms with Gasteiger partial charge in [-0.2, -0.15) is 0 Å². The molecule has 0 fully saturated rings. The summed E-state index contributed by atoms with van der Waals surface area (Å²) in [5.74, 6) is -1.88. The molecule has 1 heterocycles. The quantitative estimate of drug-likeness (QED) is 0.613. The van der Waals surface area contributed by atoms with E-state index in [0.29, 0.717) is 15.7 Å². The van der Waals surface area contributed by atoms with E-state index in [4.69, 9.17) is 0 Å². The first kappa shape index (κ1) is 12.8. The third kappa shape index (κ3) is 1.92. The van der Waals surface area contributed by atoms with Gasteiger partial charge in [-0.05, 0) is 40.5 Å². The van der Waals surface area contributed by atoms with Gasteiger partial charge in [0, 0.05) is 4.47 Å². The summed E-state index contributed by atoms with van der Waals surface area (Å²) in [5, 5.41) is 0. The van der Waals surface area contributed by atoms with Gasteiger partial charge in [0.1, 0.15) is 6.54 Å². The molecule has 94 valence electrons. The number of hydrogen-bond acceptors (Lipinski definition) is 4. The summed E-state index contributed by atoms with van der Waals surface area (Å²) < 4.78 is 5.13. The van der Waals surface area contributed by atoms with Crippen LogP contribution in [0.4, 0.5) is 5.69 Å². The van der Waals surface area contributed by atoms with Crippen molar-refractivity contribution in [2.24, 2.45) is 0 Å². The molecular weight excluding hydrogens is 302 g/mol. The number of ketones is 1. The van der Waals surface area contributed by atoms with Gasteiger partial charge in [0.25, 0.3) is 11.7 Å². The highest BCUT2D eigenvalue weighted by Crippen LogP contribution is 2.36. The van der Waals surface area contributed by atoms with E-state index in [-0.39, 0.29) is 6.54 Å². The third-order valence-electron chi connectivity index (χ3n) is 2.68. The Hall–Kier alpha value is -1.69. The van der Waals surface area contributed by atoms with E-state index in [9.17, 15) is 14.4 Å². The van der Waals surface area contributed by atoms with E-state index in [2.05, 4.69) is 20.7 Å². The summed E-state index contributed by atoms with van der Waals surface area (Å²) >= 11 is 3.31. The zero-order valence-corrected chi connectivity index (χ0v) is 11.4. The number of hydrogen-bond donors (Lipinski definition) is 0. The molecule has 0 spiro atoms. The Morgan fingerprint density at radius 3 is 2.67 bits per heavy atom. The number of rotatable bonds is 2. The van der Waals surface area contributed by atoms with Crippen LogP contribution < -0.4 is 4.90 Å². The van der Waals surface area contributed by atoms with E-state index in [1.807, 2.05) is 6.92 Å². The van der Waals surface area contributed by atoms with E-state index in [1.54, 1.807) is 12.1 Å². The molecule has 0 saturated heterocycles. The fraction of sp³-hybridized carbons (Fsp3) is 0.250. The normalized spacial score (nSPS) is 13.8. The van der Waals surface area contributed by atoms with Gasteiger partial charge < -0.3 is 4.74 Å². The van der Waals surface area contributed by atoms with Crippen molar-refractivity contribution in [1.29, 1.82) is 0 Å². The number of halogens is 1. The molecule has 1 aliphatic heterocycles. The van der Waals surface area contributed by atoms with Crippen LogP contribution in [0, 0.1) is 6.92 Å². The summed E-state index contributed by atoms with van der Waals surface area (Å²) in [4.78, 5) is 36.0. The Balaban J connectivity index is 2.51. The third-order valence-corrected chi connectivity index (χ3v) is 3.28. The lowest BCUT2D eigenvalue weighted by Gasteiger charge is -2.16. The van der Waals surface area contributed by atoms with Gasteiger partial charge in [0.05, 0.1) is 18.4 Å². The highest BCUT2D eigenvalue weighted by Gasteiger charge is 2.38. The topological polar surface area (TPSA) is 63.7 Å². The molecule has 5 nitrogen and oxygen atoms in total. The molecule has 0 unspecified atom stereocenters. The molecule has 1 aliphatic rings. The summed E-state index contributed by atoms with van der Waals surface area (Å²) in [6.45, 7) is 1.56. The van der Waals surface area contributed by atoms with Crippen molar-refractivity contribution in [3.05, 3.63) is 27.7 Å². The molecule has 0 radical (unpaired) electrons. The first-order valence-corrected chi connectivity index (χ1v) is 5.98. The SMILES string of the molecule is COC(=O)CN1C(=O)C(=O)c2cc(C)cc(Br)c21. The molecule has 0 N–H and O–H groups in total. The van der Waals surface area contributed by atoms with Crippen molar-refractivity contribution in [1.82, 2.24) is 0 Å². The maximum Gasteiger partial charge on any atom is 0.325 e. The van der Waals surface area contributed by atoms with Crippen LogP contribution in [0.3, 0.4) is 0 Å². The highest BCUT2D eigenvalue weighted by molar-refractivity contribution is 9.10. The number of nitrogens with zero attached hydrogens (tertiary/aromatic N) is 1. The van der Waals surface area contributed by atoms with Crippen LogP contribution in [0.15, 0.2) is 16.6 Å². The van der Waals surface area contributed by atoms with Gasteiger partial charge >= 0.3 is 5.97 Å². The molecule has 0 atom stereocenters. The van der Waals surface area contributed by atoms with E-state index in [0.717, 1.165) is 10.5 Å². The lowest BCUT2D eigenvalue weighted by Crippen LogP contribution is -2.35. The number of esters is 1. The minimum absolute atomic E-state index is 0.268. The number of carbonyl (C=O) groups excluding carboxylic acids is 3. The van der Waals surface area contributed by atoms with Crippen LogP contribution in [0.1, 0.15) is 15.9 Å². The first-order chi connectivity index (χ1) is 8.45. The van der Waals surface area contributed by atoms with Gasteiger partial charge in [0.15, 0.2) is 0 Å². The molecule has 1 aromatic carbocycles. The molecule has 1 aromatic rings. The molecule has 18 heavy (non-hydrogen) atoms. The molecular formula is C12H10BrNO4. The van der Waals surface area contributed by atoms with Crippen LogP contribution in [0.2, 0.25) is 0 Å². The van der Waals surface area contributed by atoms with Gasteiger partial charge in [0.2, 0.25) is 0 Å². The number of aryl methyl sites for hydroxylation is 1. The average Bonchev–Trinajstić information content (AvgIpc) is 2.54. The molecule has 6 heteroatoms. The van der Waals surface area contributed by atoms with E-state index < -0.39 is 17.7 Å².